The van der Waals surface area contributed by atoms with Crippen LogP contribution in [-0.2, 0) is 55.5 Å². The van der Waals surface area contributed by atoms with Crippen LogP contribution in [0.1, 0.15) is 72.4 Å². The van der Waals surface area contributed by atoms with E-state index in [9.17, 15) is 50.7 Å². The summed E-state index contributed by atoms with van der Waals surface area (Å²) in [4.78, 5) is 74.9. The summed E-state index contributed by atoms with van der Waals surface area (Å²) < 4.78 is 63.9. The number of carboxylic acid groups (broad SMARTS) is 1. The Bertz CT molecular complexity index is 2620. The molecule has 2 aliphatic heterocycles. The highest BCUT2D eigenvalue weighted by Crippen LogP contribution is 2.28. The van der Waals surface area contributed by atoms with Crippen LogP contribution in [0.5, 0.6) is 0 Å². The Kier molecular flexibility index (Phi) is 17.1. The Morgan fingerprint density at radius 2 is 1.11 bits per heavy atom. The zero-order valence-electron chi connectivity index (χ0n) is 38.0. The smallest absolute Gasteiger partial charge is 0.324 e. The number of nitrogens with one attached hydrogen (secondary N) is 2. The molecule has 2 aromatic carbocycles. The molecule has 0 unspecified atom stereocenters. The molecule has 2 saturated heterocycles. The van der Waals surface area contributed by atoms with E-state index in [2.05, 4.69) is 10.6 Å². The van der Waals surface area contributed by atoms with Crippen molar-refractivity contribution >= 4 is 98.7 Å². The SMILES string of the molecule is CC(C)C[C@H](C(=O)O)N(CCN1C(=O)CNC1=O)S(=O)(=O)Cc1ccc2sccc2c1.CC(C)C[C@H](C(=O)OC(C)(C)C)N(CCN1C(=O)CNC1=O)S(=O)(=O)Cc1ccc2sccc2c1. The number of esters is 1. The van der Waals surface area contributed by atoms with Gasteiger partial charge in [0.05, 0.1) is 24.6 Å². The number of fused-ring (bicyclic) bond motifs is 2. The Hall–Kier alpha value is -5.00. The molecular formula is C44H58N6O12S4. The molecule has 66 heavy (non-hydrogen) atoms. The van der Waals surface area contributed by atoms with Crippen molar-refractivity contribution in [3.05, 3.63) is 70.4 Å². The fraction of sp³-hybridized carbons (Fsp3) is 0.500. The van der Waals surface area contributed by atoms with Crippen LogP contribution in [0, 0.1) is 11.8 Å². The number of hydrogen-bond acceptors (Lipinski definition) is 13. The Labute approximate surface area is 393 Å². The standard InChI is InChI=1S/C24H33N3O6S2.C20H25N3O6S2/c1-16(2)12-19(22(29)33-24(3,4)5)27(10-9-26-21(28)14-25-23(26)30)35(31,32)15-17-6-7-20-18(13-17)8-11-34-20;1-13(2)9-16(19(25)26)23(7-6-22-18(24)11-21-20(22)27)31(28,29)12-14-3-4-17-15(10-14)5-8-30-17/h6-8,11,13,16,19H,9-10,12,14-15H2,1-5H3,(H,25,30);3-5,8,10,13,16H,6-7,9,11-12H2,1-2H3,(H,21,27)(H,25,26)/t19-;16-/m11/s1. The van der Waals surface area contributed by atoms with Crippen molar-refractivity contribution in [1.82, 2.24) is 29.0 Å². The van der Waals surface area contributed by atoms with Gasteiger partial charge in [0.1, 0.15) is 17.7 Å². The van der Waals surface area contributed by atoms with Crippen LogP contribution < -0.4 is 10.6 Å². The van der Waals surface area contributed by atoms with Gasteiger partial charge in [-0.05, 0) is 115 Å². The number of carboxylic acids is 1. The molecule has 2 atom stereocenters. The van der Waals surface area contributed by atoms with Gasteiger partial charge in [-0.15, -0.1) is 22.7 Å². The zero-order chi connectivity index (χ0) is 48.7. The van der Waals surface area contributed by atoms with E-state index < -0.39 is 73.5 Å². The number of aliphatic carboxylic acids is 1. The summed E-state index contributed by atoms with van der Waals surface area (Å²) in [6.45, 7) is 11.4. The summed E-state index contributed by atoms with van der Waals surface area (Å²) >= 11 is 3.11. The van der Waals surface area contributed by atoms with Crippen molar-refractivity contribution in [1.29, 1.82) is 0 Å². The molecule has 0 radical (unpaired) electrons. The Balaban J connectivity index is 0.000000249. The highest BCUT2D eigenvalue weighted by molar-refractivity contribution is 7.88. The van der Waals surface area contributed by atoms with Crippen LogP contribution in [0.15, 0.2) is 59.3 Å². The third-order valence-electron chi connectivity index (χ3n) is 10.5. The quantitative estimate of drug-likeness (QED) is 0.0743. The van der Waals surface area contributed by atoms with Gasteiger partial charge >= 0.3 is 24.0 Å². The lowest BCUT2D eigenvalue weighted by Crippen LogP contribution is -2.51. The summed E-state index contributed by atoms with van der Waals surface area (Å²) in [5.41, 5.74) is 0.319. The molecule has 3 N–H and O–H groups in total. The number of thiophene rings is 2. The molecule has 360 valence electrons. The van der Waals surface area contributed by atoms with E-state index in [4.69, 9.17) is 4.74 Å². The van der Waals surface area contributed by atoms with Gasteiger partial charge in [0.25, 0.3) is 0 Å². The molecule has 4 heterocycles. The fourth-order valence-electron chi connectivity index (χ4n) is 7.47. The summed E-state index contributed by atoms with van der Waals surface area (Å²) in [5.74, 6) is -3.60. The van der Waals surface area contributed by atoms with Crippen molar-refractivity contribution < 1.29 is 55.4 Å². The molecule has 4 aromatic rings. The first-order chi connectivity index (χ1) is 30.8. The summed E-state index contributed by atoms with van der Waals surface area (Å²) in [7, 11) is -8.09. The maximum Gasteiger partial charge on any atom is 0.324 e. The second-order valence-electron chi connectivity index (χ2n) is 17.9. The predicted molar refractivity (Wildman–Crippen MR) is 252 cm³/mol. The van der Waals surface area contributed by atoms with E-state index >= 15 is 0 Å². The van der Waals surface area contributed by atoms with Crippen LogP contribution in [0.4, 0.5) is 9.59 Å². The third-order valence-corrected chi connectivity index (χ3v) is 16.0. The number of sulfonamides is 2. The first kappa shape index (κ1) is 52.0. The molecule has 0 saturated carbocycles. The molecule has 18 nitrogen and oxygen atoms in total. The summed E-state index contributed by atoms with van der Waals surface area (Å²) in [5, 5.41) is 20.3. The van der Waals surface area contributed by atoms with Crippen LogP contribution in [0.3, 0.4) is 0 Å². The van der Waals surface area contributed by atoms with E-state index in [1.807, 2.05) is 68.8 Å². The van der Waals surface area contributed by atoms with Crippen molar-refractivity contribution in [2.45, 2.75) is 90.5 Å². The lowest BCUT2D eigenvalue weighted by atomic mass is 10.0. The number of imide groups is 2. The van der Waals surface area contributed by atoms with E-state index in [1.165, 1.54) is 0 Å². The van der Waals surface area contributed by atoms with Gasteiger partial charge in [-0.1, -0.05) is 39.8 Å². The molecule has 2 aromatic heterocycles. The summed E-state index contributed by atoms with van der Waals surface area (Å²) in [6, 6.07) is 11.0. The van der Waals surface area contributed by atoms with Gasteiger partial charge in [0, 0.05) is 35.6 Å². The maximum absolute atomic E-state index is 13.8. The van der Waals surface area contributed by atoms with Gasteiger partial charge in [0.2, 0.25) is 31.9 Å². The lowest BCUT2D eigenvalue weighted by Gasteiger charge is -2.33. The van der Waals surface area contributed by atoms with Gasteiger partial charge in [-0.25, -0.2) is 26.4 Å². The number of carbonyl (C=O) groups excluding carboxylic acids is 5. The van der Waals surface area contributed by atoms with Gasteiger partial charge in [-0.2, -0.15) is 8.61 Å². The minimum Gasteiger partial charge on any atom is -0.480 e. The average molecular weight is 991 g/mol. The molecule has 6 amide bonds. The van der Waals surface area contributed by atoms with Crippen molar-refractivity contribution in [2.75, 3.05) is 39.3 Å². The van der Waals surface area contributed by atoms with E-state index in [1.54, 1.807) is 61.6 Å². The average Bonchev–Trinajstić information content (AvgIpc) is 4.01. The second kappa shape index (κ2) is 21.7. The number of ether oxygens (including phenoxy) is 1. The number of hydrogen-bond donors (Lipinski definition) is 3. The molecule has 2 fully saturated rings. The summed E-state index contributed by atoms with van der Waals surface area (Å²) in [6.07, 6.45) is 0.343. The third kappa shape index (κ3) is 13.8. The first-order valence-corrected chi connectivity index (χ1v) is 26.4. The number of nitrogens with zero attached hydrogens (tertiary/aromatic N) is 4. The Morgan fingerprint density at radius 1 is 0.697 bits per heavy atom. The maximum atomic E-state index is 13.8. The van der Waals surface area contributed by atoms with Gasteiger partial charge in [0.15, 0.2) is 0 Å². The first-order valence-electron chi connectivity index (χ1n) is 21.4. The molecule has 0 bridgehead atoms. The Morgan fingerprint density at radius 3 is 1.47 bits per heavy atom. The molecule has 0 spiro atoms. The van der Waals surface area contributed by atoms with Gasteiger partial charge < -0.3 is 20.5 Å². The zero-order valence-corrected chi connectivity index (χ0v) is 41.3. The predicted octanol–water partition coefficient (Wildman–Crippen LogP) is 5.43. The fourth-order valence-corrected chi connectivity index (χ4v) is 12.4. The van der Waals surface area contributed by atoms with Crippen LogP contribution in [0.2, 0.25) is 0 Å². The second-order valence-corrected chi connectivity index (χ2v) is 23.6. The van der Waals surface area contributed by atoms with Crippen molar-refractivity contribution in [3.8, 4) is 0 Å². The minimum absolute atomic E-state index is 0.0101. The van der Waals surface area contributed by atoms with E-state index in [-0.39, 0.29) is 75.5 Å². The number of carbonyl (C=O) groups is 6. The van der Waals surface area contributed by atoms with Crippen molar-refractivity contribution in [3.63, 3.8) is 0 Å². The van der Waals surface area contributed by atoms with E-state index in [0.29, 0.717) is 11.1 Å². The van der Waals surface area contributed by atoms with Crippen LogP contribution in [-0.4, -0.2) is 133 Å². The number of amides is 6. The van der Waals surface area contributed by atoms with E-state index in [0.717, 1.165) is 38.6 Å². The number of rotatable bonds is 20. The molecular weight excluding hydrogens is 933 g/mol. The van der Waals surface area contributed by atoms with Crippen LogP contribution in [0.25, 0.3) is 20.2 Å². The normalized spacial score (nSPS) is 15.8. The van der Waals surface area contributed by atoms with Gasteiger partial charge in [-0.3, -0.25) is 29.0 Å². The minimum atomic E-state index is -4.06. The number of urea groups is 2. The molecule has 2 aliphatic rings. The molecule has 0 aliphatic carbocycles. The van der Waals surface area contributed by atoms with Crippen molar-refractivity contribution in [2.24, 2.45) is 11.8 Å². The number of benzene rings is 2. The molecule has 6 rings (SSSR count). The topological polar surface area (TPSA) is 237 Å². The lowest BCUT2D eigenvalue weighted by molar-refractivity contribution is -0.160. The highest BCUT2D eigenvalue weighted by atomic mass is 32.2. The monoisotopic (exact) mass is 990 g/mol. The largest absolute Gasteiger partial charge is 0.480 e. The highest BCUT2D eigenvalue weighted by Gasteiger charge is 2.40. The molecule has 22 heteroatoms. The van der Waals surface area contributed by atoms with Crippen LogP contribution >= 0.6 is 22.7 Å².